The van der Waals surface area contributed by atoms with Gasteiger partial charge in [-0.05, 0) is 25.0 Å². The number of fused-ring (bicyclic) bond motifs is 1. The van der Waals surface area contributed by atoms with Crippen LogP contribution in [0.4, 0.5) is 0 Å². The molecule has 4 nitrogen and oxygen atoms in total. The standard InChI is InChI=1S/C13H16N2O2/c16-11-8-4-7-10-12(11)14-13(17)15(10)9-5-2-1-3-6-9/h4,7-9,16H,1-3,5-6H2,(H,14,17). The number of phenols is 1. The number of nitrogens with zero attached hydrogens (tertiary/aromatic N) is 1. The van der Waals surface area contributed by atoms with E-state index in [1.54, 1.807) is 12.1 Å². The number of benzene rings is 1. The van der Waals surface area contributed by atoms with E-state index in [1.807, 2.05) is 10.6 Å². The maximum absolute atomic E-state index is 12.0. The molecule has 3 rings (SSSR count). The van der Waals surface area contributed by atoms with Crippen LogP contribution in [0, 0.1) is 0 Å². The lowest BCUT2D eigenvalue weighted by molar-refractivity contribution is 0.353. The van der Waals surface area contributed by atoms with Gasteiger partial charge in [0, 0.05) is 6.04 Å². The predicted octanol–water partition coefficient (Wildman–Crippen LogP) is 2.54. The number of H-pyrrole nitrogens is 1. The zero-order valence-electron chi connectivity index (χ0n) is 9.65. The van der Waals surface area contributed by atoms with E-state index in [1.165, 1.54) is 19.3 Å². The Hall–Kier alpha value is -1.71. The number of para-hydroxylation sites is 1. The molecule has 90 valence electrons. The Morgan fingerprint density at radius 1 is 1.24 bits per heavy atom. The monoisotopic (exact) mass is 232 g/mol. The number of hydrogen-bond donors (Lipinski definition) is 2. The smallest absolute Gasteiger partial charge is 0.326 e. The van der Waals surface area contributed by atoms with E-state index in [4.69, 9.17) is 0 Å². The second kappa shape index (κ2) is 3.95. The molecule has 1 aromatic heterocycles. The molecule has 4 heteroatoms. The summed E-state index contributed by atoms with van der Waals surface area (Å²) in [5, 5.41) is 9.72. The van der Waals surface area contributed by atoms with Gasteiger partial charge in [0.25, 0.3) is 0 Å². The number of imidazole rings is 1. The van der Waals surface area contributed by atoms with Gasteiger partial charge in [0.15, 0.2) is 0 Å². The van der Waals surface area contributed by atoms with Crippen LogP contribution < -0.4 is 5.69 Å². The number of rotatable bonds is 1. The van der Waals surface area contributed by atoms with E-state index in [-0.39, 0.29) is 17.5 Å². The molecule has 0 bridgehead atoms. The summed E-state index contributed by atoms with van der Waals surface area (Å²) in [6, 6.07) is 5.56. The van der Waals surface area contributed by atoms with Gasteiger partial charge >= 0.3 is 5.69 Å². The van der Waals surface area contributed by atoms with Gasteiger partial charge in [-0.2, -0.15) is 0 Å². The Kier molecular flexibility index (Phi) is 2.42. The highest BCUT2D eigenvalue weighted by atomic mass is 16.3. The Balaban J connectivity index is 2.18. The summed E-state index contributed by atoms with van der Waals surface area (Å²) in [5.41, 5.74) is 1.28. The SMILES string of the molecule is O=c1[nH]c2c(O)cccc2n1C1CCCCC1. The molecule has 0 amide bonds. The normalized spacial score (nSPS) is 17.6. The van der Waals surface area contributed by atoms with Crippen LogP contribution >= 0.6 is 0 Å². The molecule has 0 unspecified atom stereocenters. The largest absolute Gasteiger partial charge is 0.506 e. The first-order valence-corrected chi connectivity index (χ1v) is 6.19. The van der Waals surface area contributed by atoms with Crippen molar-refractivity contribution in [3.8, 4) is 5.75 Å². The number of aromatic amines is 1. The Bertz CT molecular complexity index is 591. The third-order valence-electron chi connectivity index (χ3n) is 3.67. The third-order valence-corrected chi connectivity index (χ3v) is 3.67. The van der Waals surface area contributed by atoms with Crippen molar-refractivity contribution in [3.63, 3.8) is 0 Å². The van der Waals surface area contributed by atoms with Crippen LogP contribution in [0.25, 0.3) is 11.0 Å². The number of phenolic OH excluding ortho intramolecular Hbond substituents is 1. The minimum Gasteiger partial charge on any atom is -0.506 e. The molecular formula is C13H16N2O2. The van der Waals surface area contributed by atoms with Crippen LogP contribution in [-0.2, 0) is 0 Å². The highest BCUT2D eigenvalue weighted by Crippen LogP contribution is 2.31. The van der Waals surface area contributed by atoms with Crippen molar-refractivity contribution in [1.29, 1.82) is 0 Å². The van der Waals surface area contributed by atoms with Gasteiger partial charge in [0.05, 0.1) is 5.52 Å². The third kappa shape index (κ3) is 1.64. The molecule has 2 aromatic rings. The summed E-state index contributed by atoms with van der Waals surface area (Å²) in [6.07, 6.45) is 5.75. The van der Waals surface area contributed by atoms with Crippen LogP contribution in [-0.4, -0.2) is 14.7 Å². The average Bonchev–Trinajstić information content (AvgIpc) is 2.68. The van der Waals surface area contributed by atoms with Gasteiger partial charge in [-0.25, -0.2) is 4.79 Å². The van der Waals surface area contributed by atoms with Crippen LogP contribution in [0.15, 0.2) is 23.0 Å². The van der Waals surface area contributed by atoms with Gasteiger partial charge in [-0.15, -0.1) is 0 Å². The molecule has 17 heavy (non-hydrogen) atoms. The second-order valence-corrected chi connectivity index (χ2v) is 4.76. The van der Waals surface area contributed by atoms with E-state index >= 15 is 0 Å². The van der Waals surface area contributed by atoms with Gasteiger partial charge in [-0.1, -0.05) is 25.3 Å². The van der Waals surface area contributed by atoms with Gasteiger partial charge in [-0.3, -0.25) is 4.57 Å². The first kappa shape index (κ1) is 10.4. The van der Waals surface area contributed by atoms with Crippen LogP contribution in [0.2, 0.25) is 0 Å². The number of hydrogen-bond acceptors (Lipinski definition) is 2. The molecule has 1 aliphatic rings. The van der Waals surface area contributed by atoms with Crippen LogP contribution in [0.1, 0.15) is 38.1 Å². The van der Waals surface area contributed by atoms with Crippen molar-refractivity contribution in [1.82, 2.24) is 9.55 Å². The fraction of sp³-hybridized carbons (Fsp3) is 0.462. The molecule has 1 fully saturated rings. The minimum absolute atomic E-state index is 0.103. The van der Waals surface area contributed by atoms with Crippen LogP contribution in [0.3, 0.4) is 0 Å². The average molecular weight is 232 g/mol. The van der Waals surface area contributed by atoms with Crippen molar-refractivity contribution in [2.75, 3.05) is 0 Å². The summed E-state index contributed by atoms with van der Waals surface area (Å²) in [5.74, 6) is 0.147. The van der Waals surface area contributed by atoms with Crippen molar-refractivity contribution in [2.24, 2.45) is 0 Å². The molecule has 1 aromatic carbocycles. The van der Waals surface area contributed by atoms with E-state index in [0.717, 1.165) is 18.4 Å². The zero-order valence-corrected chi connectivity index (χ0v) is 9.65. The van der Waals surface area contributed by atoms with Crippen molar-refractivity contribution >= 4 is 11.0 Å². The van der Waals surface area contributed by atoms with E-state index in [0.29, 0.717) is 5.52 Å². The Morgan fingerprint density at radius 2 is 2.00 bits per heavy atom. The number of aromatic nitrogens is 2. The first-order chi connectivity index (χ1) is 8.27. The van der Waals surface area contributed by atoms with Gasteiger partial charge in [0.2, 0.25) is 0 Å². The van der Waals surface area contributed by atoms with E-state index < -0.39 is 0 Å². The second-order valence-electron chi connectivity index (χ2n) is 4.76. The molecule has 1 heterocycles. The molecule has 0 radical (unpaired) electrons. The predicted molar refractivity (Wildman–Crippen MR) is 66.3 cm³/mol. The van der Waals surface area contributed by atoms with Gasteiger partial charge in [0.1, 0.15) is 11.3 Å². The molecule has 0 aliphatic heterocycles. The van der Waals surface area contributed by atoms with Crippen molar-refractivity contribution in [2.45, 2.75) is 38.1 Å². The van der Waals surface area contributed by atoms with Crippen molar-refractivity contribution < 1.29 is 5.11 Å². The summed E-state index contributed by atoms with van der Waals surface area (Å²) >= 11 is 0. The maximum Gasteiger partial charge on any atom is 0.326 e. The summed E-state index contributed by atoms with van der Waals surface area (Å²) in [6.45, 7) is 0. The Morgan fingerprint density at radius 3 is 2.76 bits per heavy atom. The molecule has 1 saturated carbocycles. The maximum atomic E-state index is 12.0. The topological polar surface area (TPSA) is 58.0 Å². The molecule has 0 atom stereocenters. The number of aromatic hydroxyl groups is 1. The fourth-order valence-corrected chi connectivity index (χ4v) is 2.84. The zero-order chi connectivity index (χ0) is 11.8. The summed E-state index contributed by atoms with van der Waals surface area (Å²) in [4.78, 5) is 14.7. The lowest BCUT2D eigenvalue weighted by Gasteiger charge is -2.22. The van der Waals surface area contributed by atoms with E-state index in [9.17, 15) is 9.90 Å². The summed E-state index contributed by atoms with van der Waals surface area (Å²) < 4.78 is 1.81. The highest BCUT2D eigenvalue weighted by molar-refractivity contribution is 5.81. The quantitative estimate of drug-likeness (QED) is 0.793. The van der Waals surface area contributed by atoms with E-state index in [2.05, 4.69) is 4.98 Å². The Labute approximate surface area is 98.9 Å². The first-order valence-electron chi connectivity index (χ1n) is 6.19. The fourth-order valence-electron chi connectivity index (χ4n) is 2.84. The van der Waals surface area contributed by atoms with Crippen molar-refractivity contribution in [3.05, 3.63) is 28.7 Å². The van der Waals surface area contributed by atoms with Gasteiger partial charge < -0.3 is 10.1 Å². The molecule has 2 N–H and O–H groups in total. The highest BCUT2D eigenvalue weighted by Gasteiger charge is 2.20. The number of nitrogens with one attached hydrogen (secondary N) is 1. The minimum atomic E-state index is -0.103. The molecule has 0 saturated heterocycles. The molecular weight excluding hydrogens is 216 g/mol. The lowest BCUT2D eigenvalue weighted by Crippen LogP contribution is -2.23. The summed E-state index contributed by atoms with van der Waals surface area (Å²) in [7, 11) is 0. The lowest BCUT2D eigenvalue weighted by atomic mass is 9.95. The molecule has 0 spiro atoms. The molecule has 1 aliphatic carbocycles. The van der Waals surface area contributed by atoms with Crippen LogP contribution in [0.5, 0.6) is 5.75 Å².